The molecule has 1 heterocycles. The average molecular weight is 250 g/mol. The van der Waals surface area contributed by atoms with Crippen LogP contribution in [0.3, 0.4) is 0 Å². The first-order valence-corrected chi connectivity index (χ1v) is 6.32. The molecule has 0 aliphatic carbocycles. The van der Waals surface area contributed by atoms with Crippen LogP contribution < -0.4 is 10.2 Å². The van der Waals surface area contributed by atoms with Gasteiger partial charge in [0.15, 0.2) is 0 Å². The molecule has 1 aliphatic heterocycles. The summed E-state index contributed by atoms with van der Waals surface area (Å²) >= 11 is 0. The van der Waals surface area contributed by atoms with E-state index in [1.165, 1.54) is 12.1 Å². The Morgan fingerprint density at radius 2 is 2.00 bits per heavy atom. The van der Waals surface area contributed by atoms with Gasteiger partial charge in [-0.2, -0.15) is 0 Å². The van der Waals surface area contributed by atoms with Crippen molar-refractivity contribution in [3.63, 3.8) is 0 Å². The van der Waals surface area contributed by atoms with Crippen molar-refractivity contribution in [3.05, 3.63) is 30.1 Å². The molecule has 4 heteroatoms. The third kappa shape index (κ3) is 2.53. The quantitative estimate of drug-likeness (QED) is 0.873. The summed E-state index contributed by atoms with van der Waals surface area (Å²) in [6, 6.07) is 5.99. The minimum Gasteiger partial charge on any atom is -0.314 e. The molecule has 1 N–H and O–H groups in total. The summed E-state index contributed by atoms with van der Waals surface area (Å²) < 4.78 is 12.9. The monoisotopic (exact) mass is 250 g/mol. The van der Waals surface area contributed by atoms with Crippen molar-refractivity contribution in [1.82, 2.24) is 5.32 Å². The summed E-state index contributed by atoms with van der Waals surface area (Å²) in [6.07, 6.45) is 3.02. The number of halogens is 1. The predicted molar refractivity (Wildman–Crippen MR) is 70.1 cm³/mol. The summed E-state index contributed by atoms with van der Waals surface area (Å²) in [6.45, 7) is 2.81. The van der Waals surface area contributed by atoms with Crippen molar-refractivity contribution < 1.29 is 9.18 Å². The molecule has 0 saturated carbocycles. The molecule has 98 valence electrons. The second kappa shape index (κ2) is 5.06. The van der Waals surface area contributed by atoms with Gasteiger partial charge in [0.05, 0.1) is 5.54 Å². The zero-order valence-electron chi connectivity index (χ0n) is 10.9. The highest BCUT2D eigenvalue weighted by molar-refractivity contribution is 5.99. The molecule has 2 rings (SSSR count). The molecule has 1 aliphatic rings. The fraction of sp³-hybridized carbons (Fsp3) is 0.500. The number of hydrogen-bond donors (Lipinski definition) is 1. The van der Waals surface area contributed by atoms with E-state index in [0.717, 1.165) is 31.5 Å². The van der Waals surface area contributed by atoms with Gasteiger partial charge >= 0.3 is 0 Å². The fourth-order valence-corrected chi connectivity index (χ4v) is 2.39. The Labute approximate surface area is 107 Å². The van der Waals surface area contributed by atoms with E-state index in [1.54, 1.807) is 24.1 Å². The van der Waals surface area contributed by atoms with Crippen LogP contribution in [0, 0.1) is 5.82 Å². The van der Waals surface area contributed by atoms with E-state index in [1.807, 2.05) is 6.92 Å². The van der Waals surface area contributed by atoms with E-state index in [9.17, 15) is 9.18 Å². The van der Waals surface area contributed by atoms with Crippen LogP contribution in [0.15, 0.2) is 24.3 Å². The lowest BCUT2D eigenvalue weighted by Crippen LogP contribution is -2.57. The third-order valence-electron chi connectivity index (χ3n) is 3.61. The second-order valence-corrected chi connectivity index (χ2v) is 5.06. The summed E-state index contributed by atoms with van der Waals surface area (Å²) in [5.74, 6) is -0.254. The van der Waals surface area contributed by atoms with Crippen molar-refractivity contribution in [2.24, 2.45) is 0 Å². The Bertz CT molecular complexity index is 424. The Hall–Kier alpha value is -1.42. The molecular formula is C14H19FN2O. The summed E-state index contributed by atoms with van der Waals surface area (Å²) in [4.78, 5) is 14.1. The van der Waals surface area contributed by atoms with Crippen molar-refractivity contribution in [1.29, 1.82) is 0 Å². The molecule has 1 aromatic rings. The molecule has 1 saturated heterocycles. The number of hydrogen-bond acceptors (Lipinski definition) is 2. The molecule has 1 aromatic carbocycles. The number of carbonyl (C=O) groups is 1. The number of piperidine rings is 1. The largest absolute Gasteiger partial charge is 0.314 e. The van der Waals surface area contributed by atoms with Gasteiger partial charge in [0.25, 0.3) is 0 Å². The van der Waals surface area contributed by atoms with E-state index in [4.69, 9.17) is 0 Å². The van der Waals surface area contributed by atoms with Crippen LogP contribution in [-0.2, 0) is 4.79 Å². The van der Waals surface area contributed by atoms with Gasteiger partial charge in [0.1, 0.15) is 5.82 Å². The van der Waals surface area contributed by atoms with Crippen LogP contribution in [0.2, 0.25) is 0 Å². The highest BCUT2D eigenvalue weighted by Crippen LogP contribution is 2.24. The Morgan fingerprint density at radius 3 is 2.56 bits per heavy atom. The lowest BCUT2D eigenvalue weighted by molar-refractivity contribution is -0.124. The first kappa shape index (κ1) is 13.0. The number of nitrogens with zero attached hydrogens (tertiary/aromatic N) is 1. The summed E-state index contributed by atoms with van der Waals surface area (Å²) in [7, 11) is 1.73. The third-order valence-corrected chi connectivity index (χ3v) is 3.61. The van der Waals surface area contributed by atoms with E-state index in [-0.39, 0.29) is 11.7 Å². The molecule has 0 radical (unpaired) electrons. The molecule has 1 unspecified atom stereocenters. The first-order chi connectivity index (χ1) is 8.53. The van der Waals surface area contributed by atoms with Crippen molar-refractivity contribution in [2.45, 2.75) is 31.7 Å². The number of carbonyl (C=O) groups excluding carboxylic acids is 1. The van der Waals surface area contributed by atoms with Crippen molar-refractivity contribution in [3.8, 4) is 0 Å². The Kier molecular flexibility index (Phi) is 3.66. The predicted octanol–water partition coefficient (Wildman–Crippen LogP) is 2.32. The van der Waals surface area contributed by atoms with Gasteiger partial charge in [-0.25, -0.2) is 4.39 Å². The smallest absolute Gasteiger partial charge is 0.246 e. The van der Waals surface area contributed by atoms with Gasteiger partial charge in [-0.1, -0.05) is 0 Å². The number of anilines is 1. The lowest BCUT2D eigenvalue weighted by atomic mass is 9.89. The van der Waals surface area contributed by atoms with E-state index in [2.05, 4.69) is 5.32 Å². The average Bonchev–Trinajstić information content (AvgIpc) is 2.39. The fourth-order valence-electron chi connectivity index (χ4n) is 2.39. The standard InChI is InChI=1S/C14H19FN2O/c1-14(9-3-4-10-16-14)13(18)17(2)12-7-5-11(15)6-8-12/h5-8,16H,3-4,9-10H2,1-2H3. The minimum absolute atomic E-state index is 0.0359. The zero-order chi connectivity index (χ0) is 13.2. The SMILES string of the molecule is CN(C(=O)C1(C)CCCCN1)c1ccc(F)cc1. The maximum atomic E-state index is 12.9. The van der Waals surface area contributed by atoms with E-state index in [0.29, 0.717) is 0 Å². The van der Waals surface area contributed by atoms with Gasteiger partial charge < -0.3 is 10.2 Å². The number of benzene rings is 1. The van der Waals surface area contributed by atoms with Crippen LogP contribution in [0.5, 0.6) is 0 Å². The van der Waals surface area contributed by atoms with Crippen LogP contribution >= 0.6 is 0 Å². The van der Waals surface area contributed by atoms with E-state index >= 15 is 0 Å². The molecular weight excluding hydrogens is 231 g/mol. The van der Waals surface area contributed by atoms with Gasteiger partial charge in [0, 0.05) is 12.7 Å². The van der Waals surface area contributed by atoms with Gasteiger partial charge in [-0.3, -0.25) is 4.79 Å². The van der Waals surface area contributed by atoms with Gasteiger partial charge in [-0.05, 0) is 57.0 Å². The second-order valence-electron chi connectivity index (χ2n) is 5.06. The zero-order valence-corrected chi connectivity index (χ0v) is 10.9. The Morgan fingerprint density at radius 1 is 1.33 bits per heavy atom. The molecule has 1 amide bonds. The van der Waals surface area contributed by atoms with Gasteiger partial charge in [0.2, 0.25) is 5.91 Å². The number of likely N-dealkylation sites (N-methyl/N-ethyl adjacent to an activating group) is 1. The normalized spacial score (nSPS) is 23.7. The molecule has 0 spiro atoms. The number of rotatable bonds is 2. The molecule has 1 atom stereocenters. The Balaban J connectivity index is 2.15. The summed E-state index contributed by atoms with van der Waals surface area (Å²) in [5, 5.41) is 3.29. The van der Waals surface area contributed by atoms with Crippen LogP contribution in [-0.4, -0.2) is 25.0 Å². The minimum atomic E-state index is -0.499. The molecule has 18 heavy (non-hydrogen) atoms. The molecule has 0 aromatic heterocycles. The summed E-state index contributed by atoms with van der Waals surface area (Å²) in [5.41, 5.74) is 0.219. The number of amides is 1. The van der Waals surface area contributed by atoms with Crippen LogP contribution in [0.4, 0.5) is 10.1 Å². The maximum absolute atomic E-state index is 12.9. The molecule has 1 fully saturated rings. The van der Waals surface area contributed by atoms with Crippen LogP contribution in [0.1, 0.15) is 26.2 Å². The van der Waals surface area contributed by atoms with E-state index < -0.39 is 5.54 Å². The molecule has 0 bridgehead atoms. The lowest BCUT2D eigenvalue weighted by Gasteiger charge is -2.36. The van der Waals surface area contributed by atoms with Gasteiger partial charge in [-0.15, -0.1) is 0 Å². The highest BCUT2D eigenvalue weighted by atomic mass is 19.1. The first-order valence-electron chi connectivity index (χ1n) is 6.32. The van der Waals surface area contributed by atoms with Crippen molar-refractivity contribution in [2.75, 3.05) is 18.5 Å². The topological polar surface area (TPSA) is 32.3 Å². The van der Waals surface area contributed by atoms with Crippen LogP contribution in [0.25, 0.3) is 0 Å². The molecule has 3 nitrogen and oxygen atoms in total. The maximum Gasteiger partial charge on any atom is 0.246 e. The highest BCUT2D eigenvalue weighted by Gasteiger charge is 2.36. The number of nitrogens with one attached hydrogen (secondary N) is 1. The van der Waals surface area contributed by atoms with Crippen molar-refractivity contribution >= 4 is 11.6 Å².